The van der Waals surface area contributed by atoms with Crippen molar-refractivity contribution >= 4 is 5.69 Å². The number of ether oxygens (including phenoxy) is 1. The van der Waals surface area contributed by atoms with E-state index in [1.807, 2.05) is 11.8 Å². The van der Waals surface area contributed by atoms with Crippen LogP contribution in [0.5, 0.6) is 0 Å². The molecular formula is C13H13F3N2O. The fourth-order valence-corrected chi connectivity index (χ4v) is 2.15. The van der Waals surface area contributed by atoms with Crippen molar-refractivity contribution in [3.05, 3.63) is 29.3 Å². The third kappa shape index (κ3) is 2.82. The molecule has 0 amide bonds. The maximum Gasteiger partial charge on any atom is 0.417 e. The molecule has 1 unspecified atom stereocenters. The number of hydrogen-bond acceptors (Lipinski definition) is 3. The average molecular weight is 270 g/mol. The summed E-state index contributed by atoms with van der Waals surface area (Å²) in [6, 6.07) is 5.41. The number of morpholine rings is 1. The Balaban J connectivity index is 2.41. The lowest BCUT2D eigenvalue weighted by molar-refractivity contribution is -0.137. The molecule has 1 saturated heterocycles. The van der Waals surface area contributed by atoms with E-state index in [9.17, 15) is 13.2 Å². The molecule has 1 heterocycles. The Bertz CT molecular complexity index is 508. The lowest BCUT2D eigenvalue weighted by atomic mass is 10.1. The first-order valence-electron chi connectivity index (χ1n) is 5.89. The van der Waals surface area contributed by atoms with Crippen LogP contribution in [0.3, 0.4) is 0 Å². The fraction of sp³-hybridized carbons (Fsp3) is 0.462. The van der Waals surface area contributed by atoms with Gasteiger partial charge in [0.05, 0.1) is 30.4 Å². The Morgan fingerprint density at radius 3 is 2.74 bits per heavy atom. The molecule has 1 aromatic rings. The highest BCUT2D eigenvalue weighted by atomic mass is 19.4. The number of halogens is 3. The summed E-state index contributed by atoms with van der Waals surface area (Å²) in [4.78, 5) is 1.86. The van der Waals surface area contributed by atoms with Crippen LogP contribution in [0, 0.1) is 11.3 Å². The van der Waals surface area contributed by atoms with Crippen molar-refractivity contribution in [2.75, 3.05) is 24.7 Å². The molecule has 0 N–H and O–H groups in total. The Morgan fingerprint density at radius 2 is 2.16 bits per heavy atom. The molecule has 0 aromatic heterocycles. The molecule has 0 spiro atoms. The van der Waals surface area contributed by atoms with Gasteiger partial charge in [-0.15, -0.1) is 0 Å². The molecule has 6 heteroatoms. The molecule has 3 nitrogen and oxygen atoms in total. The van der Waals surface area contributed by atoms with Gasteiger partial charge in [-0.2, -0.15) is 18.4 Å². The molecule has 0 radical (unpaired) electrons. The first-order valence-corrected chi connectivity index (χ1v) is 5.89. The summed E-state index contributed by atoms with van der Waals surface area (Å²) < 4.78 is 43.9. The second-order valence-electron chi connectivity index (χ2n) is 4.46. The van der Waals surface area contributed by atoms with Gasteiger partial charge in [0.25, 0.3) is 0 Å². The van der Waals surface area contributed by atoms with E-state index < -0.39 is 11.7 Å². The van der Waals surface area contributed by atoms with Crippen LogP contribution in [0.4, 0.5) is 18.9 Å². The second-order valence-corrected chi connectivity index (χ2v) is 4.46. The highest BCUT2D eigenvalue weighted by Crippen LogP contribution is 2.35. The van der Waals surface area contributed by atoms with Gasteiger partial charge in [-0.1, -0.05) is 0 Å². The van der Waals surface area contributed by atoms with Gasteiger partial charge in [-0.25, -0.2) is 0 Å². The Morgan fingerprint density at radius 1 is 1.42 bits per heavy atom. The van der Waals surface area contributed by atoms with Crippen molar-refractivity contribution in [1.29, 1.82) is 5.26 Å². The summed E-state index contributed by atoms with van der Waals surface area (Å²) in [5, 5.41) is 8.75. The number of nitriles is 1. The molecule has 1 aromatic carbocycles. The van der Waals surface area contributed by atoms with Gasteiger partial charge < -0.3 is 9.64 Å². The summed E-state index contributed by atoms with van der Waals surface area (Å²) in [6.45, 7) is 3.42. The molecule has 19 heavy (non-hydrogen) atoms. The molecular weight excluding hydrogens is 257 g/mol. The van der Waals surface area contributed by atoms with Gasteiger partial charge in [0.15, 0.2) is 0 Å². The number of rotatable bonds is 1. The topological polar surface area (TPSA) is 36.3 Å². The van der Waals surface area contributed by atoms with Crippen LogP contribution in [0.15, 0.2) is 18.2 Å². The number of anilines is 1. The van der Waals surface area contributed by atoms with E-state index in [-0.39, 0.29) is 11.6 Å². The number of alkyl halides is 3. The predicted octanol–water partition coefficient (Wildman–Crippen LogP) is 2.80. The third-order valence-electron chi connectivity index (χ3n) is 3.13. The highest BCUT2D eigenvalue weighted by molar-refractivity contribution is 5.55. The van der Waals surface area contributed by atoms with Crippen molar-refractivity contribution in [3.8, 4) is 6.07 Å². The summed E-state index contributed by atoms with van der Waals surface area (Å²) >= 11 is 0. The minimum atomic E-state index is -4.52. The molecule has 1 aliphatic rings. The average Bonchev–Trinajstić information content (AvgIpc) is 2.37. The molecule has 1 atom stereocenters. The van der Waals surface area contributed by atoms with Gasteiger partial charge >= 0.3 is 6.18 Å². The second kappa shape index (κ2) is 5.10. The standard InChI is InChI=1S/C13H13F3N2O/c1-9-8-19-5-4-18(9)11-3-2-10(7-17)12(6-11)13(14,15)16/h2-3,6,9H,4-5,8H2,1H3. The first-order chi connectivity index (χ1) is 8.93. The fourth-order valence-electron chi connectivity index (χ4n) is 2.15. The zero-order valence-electron chi connectivity index (χ0n) is 10.4. The van der Waals surface area contributed by atoms with Crippen LogP contribution >= 0.6 is 0 Å². The first kappa shape index (κ1) is 13.7. The molecule has 1 fully saturated rings. The number of hydrogen-bond donors (Lipinski definition) is 0. The SMILES string of the molecule is CC1COCCN1c1ccc(C#N)c(C(F)(F)F)c1. The monoisotopic (exact) mass is 270 g/mol. The normalized spacial score (nSPS) is 20.2. The lowest BCUT2D eigenvalue weighted by Crippen LogP contribution is -2.43. The van der Waals surface area contributed by atoms with Crippen LogP contribution < -0.4 is 4.90 Å². The maximum atomic E-state index is 12.9. The quantitative estimate of drug-likeness (QED) is 0.787. The molecule has 2 rings (SSSR count). The van der Waals surface area contributed by atoms with Gasteiger partial charge in [0, 0.05) is 18.3 Å². The minimum Gasteiger partial charge on any atom is -0.377 e. The minimum absolute atomic E-state index is 0.0165. The van der Waals surface area contributed by atoms with Crippen LogP contribution in [0.2, 0.25) is 0 Å². The van der Waals surface area contributed by atoms with E-state index in [1.54, 1.807) is 12.1 Å². The van der Waals surface area contributed by atoms with Gasteiger partial charge in [-0.05, 0) is 25.1 Å². The van der Waals surface area contributed by atoms with Crippen LogP contribution in [0.25, 0.3) is 0 Å². The molecule has 102 valence electrons. The van der Waals surface area contributed by atoms with Gasteiger partial charge in [0.1, 0.15) is 0 Å². The summed E-state index contributed by atoms with van der Waals surface area (Å²) in [7, 11) is 0. The number of nitrogens with zero attached hydrogens (tertiary/aromatic N) is 2. The van der Waals surface area contributed by atoms with E-state index in [1.165, 1.54) is 6.07 Å². The van der Waals surface area contributed by atoms with Crippen LogP contribution in [-0.4, -0.2) is 25.8 Å². The van der Waals surface area contributed by atoms with E-state index in [0.717, 1.165) is 6.07 Å². The van der Waals surface area contributed by atoms with E-state index in [4.69, 9.17) is 10.00 Å². The van der Waals surface area contributed by atoms with Crippen molar-refractivity contribution in [2.24, 2.45) is 0 Å². The summed E-state index contributed by atoms with van der Waals surface area (Å²) in [5.41, 5.74) is -0.759. The molecule has 0 bridgehead atoms. The van der Waals surface area contributed by atoms with Crippen LogP contribution in [-0.2, 0) is 10.9 Å². The van der Waals surface area contributed by atoms with E-state index in [2.05, 4.69) is 0 Å². The van der Waals surface area contributed by atoms with Crippen molar-refractivity contribution in [1.82, 2.24) is 0 Å². The number of benzene rings is 1. The van der Waals surface area contributed by atoms with Crippen LogP contribution in [0.1, 0.15) is 18.1 Å². The lowest BCUT2D eigenvalue weighted by Gasteiger charge is -2.35. The Labute approximate surface area is 109 Å². The van der Waals surface area contributed by atoms with Gasteiger partial charge in [0.2, 0.25) is 0 Å². The maximum absolute atomic E-state index is 12.9. The summed E-state index contributed by atoms with van der Waals surface area (Å²) in [6.07, 6.45) is -4.52. The van der Waals surface area contributed by atoms with Crippen molar-refractivity contribution in [3.63, 3.8) is 0 Å². The largest absolute Gasteiger partial charge is 0.417 e. The zero-order chi connectivity index (χ0) is 14.0. The molecule has 1 aliphatic heterocycles. The molecule has 0 saturated carbocycles. The Kier molecular flexibility index (Phi) is 3.67. The zero-order valence-corrected chi connectivity index (χ0v) is 10.4. The van der Waals surface area contributed by atoms with Crippen molar-refractivity contribution < 1.29 is 17.9 Å². The summed E-state index contributed by atoms with van der Waals surface area (Å²) in [5.74, 6) is 0. The smallest absolute Gasteiger partial charge is 0.377 e. The van der Waals surface area contributed by atoms with E-state index in [0.29, 0.717) is 25.4 Å². The van der Waals surface area contributed by atoms with E-state index >= 15 is 0 Å². The highest BCUT2D eigenvalue weighted by Gasteiger charge is 2.34. The Hall–Kier alpha value is -1.74. The van der Waals surface area contributed by atoms with Crippen molar-refractivity contribution in [2.45, 2.75) is 19.1 Å². The predicted molar refractivity (Wildman–Crippen MR) is 63.8 cm³/mol. The van der Waals surface area contributed by atoms with Gasteiger partial charge in [-0.3, -0.25) is 0 Å². The third-order valence-corrected chi connectivity index (χ3v) is 3.13. The molecule has 0 aliphatic carbocycles.